The maximum absolute atomic E-state index is 4.99. The summed E-state index contributed by atoms with van der Waals surface area (Å²) in [4.78, 5) is 0. The van der Waals surface area contributed by atoms with Gasteiger partial charge < -0.3 is 0 Å². The lowest BCUT2D eigenvalue weighted by Gasteiger charge is -1.99. The first-order chi connectivity index (χ1) is 21.3. The van der Waals surface area contributed by atoms with Gasteiger partial charge in [0.1, 0.15) is 0 Å². The van der Waals surface area contributed by atoms with Gasteiger partial charge in [0.2, 0.25) is 0 Å². The topological polar surface area (TPSA) is 0 Å². The lowest BCUT2D eigenvalue weighted by Crippen LogP contribution is -1.35. The van der Waals surface area contributed by atoms with Crippen LogP contribution in [0.4, 0.5) is 0 Å². The van der Waals surface area contributed by atoms with Crippen LogP contribution in [0.15, 0.2) is 0 Å². The fourth-order valence-electron chi connectivity index (χ4n) is 0.447. The van der Waals surface area contributed by atoms with Crippen molar-refractivity contribution in [2.75, 3.05) is 0 Å². The molecule has 43 heteroatoms. The molecule has 258 valence electrons. The van der Waals surface area contributed by atoms with E-state index in [1.165, 1.54) is 9.83 Å². The second kappa shape index (κ2) is 54.8. The van der Waals surface area contributed by atoms with Crippen molar-refractivity contribution in [1.29, 1.82) is 0 Å². The van der Waals surface area contributed by atoms with Gasteiger partial charge in [0.25, 0.3) is 0 Å². The molecule has 0 nitrogen and oxygen atoms in total. The Balaban J connectivity index is 3.04. The quantitative estimate of drug-likeness (QED) is 0.0268. The van der Waals surface area contributed by atoms with Crippen molar-refractivity contribution in [3.8, 4) is 0 Å². The van der Waals surface area contributed by atoms with Crippen molar-refractivity contribution < 1.29 is 0 Å². The van der Waals surface area contributed by atoms with E-state index in [1.807, 2.05) is 246 Å². The Morgan fingerprint density at radius 2 is 0.372 bits per heavy atom. The van der Waals surface area contributed by atoms with E-state index in [0.717, 1.165) is 0 Å². The van der Waals surface area contributed by atoms with Crippen LogP contribution in [0.3, 0.4) is 0 Å². The highest BCUT2D eigenvalue weighted by molar-refractivity contribution is 9.62. The standard InChI is InChI=1S/HPS42/c2-1(3)5-7-9-11-13-15-17-19-21-23-25-27-29-31-33-35-37-39-41-43-42-40-38-36-34-32-30-28-26-24-22-20-18-16-14-12-10-8-6-4/h4H. The molecule has 0 amide bonds. The van der Waals surface area contributed by atoms with E-state index in [9.17, 15) is 0 Å². The third kappa shape index (κ3) is 56.7. The molecule has 43 heavy (non-hydrogen) atoms. The average Bonchev–Trinajstić information content (AvgIpc) is 3.00. The summed E-state index contributed by atoms with van der Waals surface area (Å²) < 4.78 is -0.694. The Hall–Kier alpha value is 14.7. The molecule has 0 fully saturated rings. The summed E-state index contributed by atoms with van der Waals surface area (Å²) >= 11 is 14.1. The lowest BCUT2D eigenvalue weighted by molar-refractivity contribution is 5.55. The molecule has 0 heterocycles. The molecule has 0 spiro atoms. The van der Waals surface area contributed by atoms with E-state index < -0.39 is 4.67 Å². The van der Waals surface area contributed by atoms with Crippen LogP contribution in [0.25, 0.3) is 0 Å². The molecule has 0 saturated heterocycles. The molecule has 0 aromatic carbocycles. The highest BCUT2D eigenvalue weighted by Gasteiger charge is 2.03. The van der Waals surface area contributed by atoms with Gasteiger partial charge in [-0.2, -0.15) is 0 Å². The zero-order valence-electron chi connectivity index (χ0n) is 17.6. The first-order valence-corrected chi connectivity index (χ1v) is 63.6. The molecule has 0 saturated carbocycles. The molecular weight excluding hydrogens is 1380 g/mol. The Kier molecular flexibility index (Phi) is 73.5. The minimum Gasteiger partial charge on any atom is -0.0988 e. The van der Waals surface area contributed by atoms with E-state index in [1.54, 1.807) is 128 Å². The molecule has 0 aromatic heterocycles. The summed E-state index contributed by atoms with van der Waals surface area (Å²) in [6.07, 6.45) is 0. The number of hydrogen-bond donors (Lipinski definition) is 1. The fraction of sp³-hybridized carbons (Fsp3) is 0. The van der Waals surface area contributed by atoms with Gasteiger partial charge in [-0.15, -0.1) is 0 Å². The molecule has 0 aliphatic carbocycles. The van der Waals surface area contributed by atoms with E-state index in [4.69, 9.17) is 23.6 Å². The Bertz CT molecular complexity index is 539. The van der Waals surface area contributed by atoms with Crippen LogP contribution >= 0.6 is 400 Å². The Labute approximate surface area is 412 Å². The summed E-state index contributed by atoms with van der Waals surface area (Å²) in [6, 6.07) is 0. The van der Waals surface area contributed by atoms with Crippen LogP contribution in [0.5, 0.6) is 0 Å². The van der Waals surface area contributed by atoms with Gasteiger partial charge in [-0.05, 0) is 191 Å². The normalized spacial score (nSPS) is 11.5. The van der Waals surface area contributed by atoms with Gasteiger partial charge in [0.15, 0.2) is 0 Å². The highest BCUT2D eigenvalue weighted by Crippen LogP contribution is 2.68. The first kappa shape index (κ1) is 57.7. The smallest absolute Gasteiger partial charge is 0.0813 e. The van der Waals surface area contributed by atoms with Crippen molar-refractivity contribution >= 4 is 424 Å². The molecule has 0 radical (unpaired) electrons. The largest absolute Gasteiger partial charge is 0.0988 e. The molecule has 0 aliphatic rings. The monoisotopic (exact) mass is 1370 g/mol. The number of thiol groups is 1. The molecule has 0 aliphatic heterocycles. The predicted octanol–water partition coefficient (Wildman–Crippen LogP) is 26.5. The number of hydrogen-bond acceptors (Lipinski definition) is 42. The number of rotatable bonds is 39. The summed E-state index contributed by atoms with van der Waals surface area (Å²) in [5.74, 6) is 0. The second-order valence-electron chi connectivity index (χ2n) is 2.89. The van der Waals surface area contributed by atoms with Crippen LogP contribution in [0.2, 0.25) is 0 Å². The van der Waals surface area contributed by atoms with Crippen LogP contribution < -0.4 is 0 Å². The van der Waals surface area contributed by atoms with E-state index in [0.29, 0.717) is 0 Å². The summed E-state index contributed by atoms with van der Waals surface area (Å²) in [6.45, 7) is 0. The van der Waals surface area contributed by atoms with Crippen LogP contribution in [0.1, 0.15) is 0 Å². The van der Waals surface area contributed by atoms with Gasteiger partial charge in [0, 0.05) is 216 Å². The minimum atomic E-state index is -0.694. The van der Waals surface area contributed by atoms with Crippen molar-refractivity contribution in [3.05, 3.63) is 0 Å². The summed E-state index contributed by atoms with van der Waals surface area (Å²) in [7, 11) is 69.7. The third-order valence-electron chi connectivity index (χ3n) is 1.12. The maximum atomic E-state index is 4.99. The van der Waals surface area contributed by atoms with Crippen molar-refractivity contribution in [3.63, 3.8) is 0 Å². The summed E-state index contributed by atoms with van der Waals surface area (Å²) in [5.41, 5.74) is 0. The van der Waals surface area contributed by atoms with Gasteiger partial charge in [-0.3, -0.25) is 0 Å². The second-order valence-corrected chi connectivity index (χ2v) is 78.0. The minimum absolute atomic E-state index is 0.694. The van der Waals surface area contributed by atoms with Gasteiger partial charge in [-0.25, -0.2) is 0 Å². The van der Waals surface area contributed by atoms with Crippen molar-refractivity contribution in [1.82, 2.24) is 0 Å². The Morgan fingerprint density at radius 1 is 0.233 bits per heavy atom. The zero-order valence-corrected chi connectivity index (χ0v) is 52.9. The van der Waals surface area contributed by atoms with Gasteiger partial charge in [0.05, 0.1) is 4.67 Å². The average molecular weight is 1380 g/mol. The van der Waals surface area contributed by atoms with Crippen LogP contribution in [-0.2, 0) is 23.6 Å². The van der Waals surface area contributed by atoms with Gasteiger partial charge >= 0.3 is 0 Å². The fourth-order valence-corrected chi connectivity index (χ4v) is 109. The van der Waals surface area contributed by atoms with E-state index in [-0.39, 0.29) is 0 Å². The molecular formula is HPS42. The van der Waals surface area contributed by atoms with E-state index in [2.05, 4.69) is 11.7 Å². The van der Waals surface area contributed by atoms with Gasteiger partial charge in [-0.1, -0.05) is 11.7 Å². The molecule has 0 bridgehead atoms. The lowest BCUT2D eigenvalue weighted by atomic mass is 29.9. The summed E-state index contributed by atoms with van der Waals surface area (Å²) in [5, 5.41) is 0. The predicted molar refractivity (Wildman–Crippen MR) is 327 cm³/mol. The molecule has 0 atom stereocenters. The van der Waals surface area contributed by atoms with Crippen LogP contribution in [0, 0.1) is 0 Å². The first-order valence-electron chi connectivity index (χ1n) is 7.06. The molecule has 0 N–H and O–H groups in total. The maximum Gasteiger partial charge on any atom is 0.0813 e. The molecule has 0 unspecified atom stereocenters. The van der Waals surface area contributed by atoms with Crippen LogP contribution in [-0.4, -0.2) is 0 Å². The zero-order chi connectivity index (χ0) is 31.2. The third-order valence-corrected chi connectivity index (χ3v) is 90.9. The highest BCUT2D eigenvalue weighted by atomic mass is 34.1. The van der Waals surface area contributed by atoms with E-state index >= 15 is 0 Å². The molecule has 0 aromatic rings. The SMILES string of the molecule is S=P(=S)SSSSSSSSSSSSSSSSSSSSSSSSSSSSSSSSSSSSSSSS. The molecule has 0 rings (SSSR count). The Morgan fingerprint density at radius 3 is 0.512 bits per heavy atom. The van der Waals surface area contributed by atoms with Crippen molar-refractivity contribution in [2.45, 2.75) is 0 Å². The van der Waals surface area contributed by atoms with Crippen molar-refractivity contribution in [2.24, 2.45) is 0 Å².